The fourth-order valence-electron chi connectivity index (χ4n) is 3.81. The van der Waals surface area contributed by atoms with Crippen LogP contribution in [0.1, 0.15) is 83.8 Å². The van der Waals surface area contributed by atoms with E-state index in [0.717, 1.165) is 34.0 Å². The molecule has 6 heteroatoms. The summed E-state index contributed by atoms with van der Waals surface area (Å²) in [6, 6.07) is 9.45. The maximum Gasteiger partial charge on any atom is 0.282 e. The molecule has 0 saturated carbocycles. The average molecular weight is 512 g/mol. The number of phenolic OH excluding ortho intramolecular Hbond substituents is 1. The Bertz CT molecular complexity index is 1230. The Labute approximate surface area is 204 Å². The number of hydrogen-bond acceptors (Lipinski definition) is 4. The number of halogens is 1. The van der Waals surface area contributed by atoms with Crippen molar-refractivity contribution in [2.24, 2.45) is 5.10 Å². The van der Waals surface area contributed by atoms with Gasteiger partial charge in [0.15, 0.2) is 0 Å². The maximum atomic E-state index is 13.3. The summed E-state index contributed by atoms with van der Waals surface area (Å²) in [7, 11) is 0. The van der Waals surface area contributed by atoms with Gasteiger partial charge in [-0.1, -0.05) is 70.8 Å². The highest BCUT2D eigenvalue weighted by Gasteiger charge is 2.26. The molecule has 0 spiro atoms. The molecule has 0 saturated heterocycles. The number of benzene rings is 2. The van der Waals surface area contributed by atoms with E-state index in [1.165, 1.54) is 4.68 Å². The van der Waals surface area contributed by atoms with Crippen molar-refractivity contribution in [3.8, 4) is 5.75 Å². The second kappa shape index (κ2) is 9.41. The fourth-order valence-corrected chi connectivity index (χ4v) is 4.17. The van der Waals surface area contributed by atoms with Crippen LogP contribution in [0, 0.1) is 0 Å². The van der Waals surface area contributed by atoms with Crippen molar-refractivity contribution in [1.82, 2.24) is 9.66 Å². The summed E-state index contributed by atoms with van der Waals surface area (Å²) < 4.78 is 2.25. The molecule has 0 radical (unpaired) electrons. The Morgan fingerprint density at radius 1 is 1.06 bits per heavy atom. The van der Waals surface area contributed by atoms with Gasteiger partial charge in [-0.3, -0.25) is 4.79 Å². The largest absolute Gasteiger partial charge is 0.507 e. The average Bonchev–Trinajstić information content (AvgIpc) is 2.71. The quantitative estimate of drug-likeness (QED) is 0.388. The molecule has 176 valence electrons. The second-order valence-corrected chi connectivity index (χ2v) is 11.5. The van der Waals surface area contributed by atoms with E-state index >= 15 is 0 Å². The van der Waals surface area contributed by atoms with Crippen LogP contribution in [0.4, 0.5) is 0 Å². The summed E-state index contributed by atoms with van der Waals surface area (Å²) in [5.41, 5.74) is 2.56. The first-order valence-electron chi connectivity index (χ1n) is 11.5. The maximum absolute atomic E-state index is 13.3. The van der Waals surface area contributed by atoms with Gasteiger partial charge in [-0.2, -0.15) is 9.78 Å². The van der Waals surface area contributed by atoms with Gasteiger partial charge < -0.3 is 5.11 Å². The van der Waals surface area contributed by atoms with Crippen molar-refractivity contribution in [2.45, 2.75) is 78.6 Å². The number of nitrogens with zero attached hydrogens (tertiary/aromatic N) is 3. The monoisotopic (exact) mass is 511 g/mol. The van der Waals surface area contributed by atoms with Crippen LogP contribution in [0.5, 0.6) is 5.75 Å². The Kier molecular flexibility index (Phi) is 7.18. The molecule has 1 heterocycles. The van der Waals surface area contributed by atoms with E-state index in [4.69, 9.17) is 4.98 Å². The summed E-state index contributed by atoms with van der Waals surface area (Å²) in [5.74, 6) is 0.976. The van der Waals surface area contributed by atoms with Crippen molar-refractivity contribution in [1.29, 1.82) is 0 Å². The first-order chi connectivity index (χ1) is 15.3. The number of aromatic hydroxyl groups is 1. The molecular weight excluding hydrogens is 478 g/mol. The normalized spacial score (nSPS) is 12.7. The lowest BCUT2D eigenvalue weighted by molar-refractivity contribution is 0.423. The molecule has 1 N–H and O–H groups in total. The SMILES string of the molecule is CCCCc1nc2ccc(Br)cc2c(=O)n1N=Cc1cc(C(C)(C)C)c(O)c(C(C)(C)C)c1. The highest BCUT2D eigenvalue weighted by Crippen LogP contribution is 2.39. The van der Waals surface area contributed by atoms with Crippen LogP contribution in [0.3, 0.4) is 0 Å². The van der Waals surface area contributed by atoms with Crippen LogP contribution in [0.25, 0.3) is 10.9 Å². The predicted molar refractivity (Wildman–Crippen MR) is 141 cm³/mol. The van der Waals surface area contributed by atoms with E-state index in [0.29, 0.717) is 28.9 Å². The van der Waals surface area contributed by atoms with E-state index in [2.05, 4.69) is 69.5 Å². The minimum Gasteiger partial charge on any atom is -0.507 e. The van der Waals surface area contributed by atoms with Crippen LogP contribution in [0.2, 0.25) is 0 Å². The lowest BCUT2D eigenvalue weighted by Crippen LogP contribution is -2.22. The molecule has 0 aliphatic rings. The number of rotatable bonds is 5. The molecule has 0 bridgehead atoms. The number of fused-ring (bicyclic) bond motifs is 1. The van der Waals surface area contributed by atoms with E-state index in [9.17, 15) is 9.90 Å². The van der Waals surface area contributed by atoms with Gasteiger partial charge in [-0.05, 0) is 53.1 Å². The highest BCUT2D eigenvalue weighted by molar-refractivity contribution is 9.10. The summed E-state index contributed by atoms with van der Waals surface area (Å²) in [6.45, 7) is 14.6. The number of hydrogen-bond donors (Lipinski definition) is 1. The molecular formula is C27H34BrN3O2. The van der Waals surface area contributed by atoms with Gasteiger partial charge in [0.1, 0.15) is 11.6 Å². The third-order valence-corrected chi connectivity index (χ3v) is 6.19. The second-order valence-electron chi connectivity index (χ2n) is 10.6. The third-order valence-electron chi connectivity index (χ3n) is 5.70. The number of unbranched alkanes of at least 4 members (excludes halogenated alkanes) is 1. The topological polar surface area (TPSA) is 67.5 Å². The Morgan fingerprint density at radius 3 is 2.21 bits per heavy atom. The number of aromatic nitrogens is 2. The third kappa shape index (κ3) is 5.55. The summed E-state index contributed by atoms with van der Waals surface area (Å²) in [5, 5.41) is 16.1. The van der Waals surface area contributed by atoms with Gasteiger partial charge in [0.2, 0.25) is 0 Å². The lowest BCUT2D eigenvalue weighted by Gasteiger charge is -2.27. The van der Waals surface area contributed by atoms with Crippen LogP contribution < -0.4 is 5.56 Å². The van der Waals surface area contributed by atoms with Crippen LogP contribution >= 0.6 is 15.9 Å². The minimum absolute atomic E-state index is 0.186. The summed E-state index contributed by atoms with van der Waals surface area (Å²) >= 11 is 3.45. The van der Waals surface area contributed by atoms with Gasteiger partial charge in [0, 0.05) is 22.0 Å². The highest BCUT2D eigenvalue weighted by atomic mass is 79.9. The van der Waals surface area contributed by atoms with Crippen LogP contribution in [-0.4, -0.2) is 21.0 Å². The van der Waals surface area contributed by atoms with E-state index in [1.807, 2.05) is 24.3 Å². The van der Waals surface area contributed by atoms with E-state index in [1.54, 1.807) is 12.3 Å². The standard InChI is InChI=1S/C27H34BrN3O2/c1-8-9-10-23-30-22-12-11-18(28)15-19(22)25(33)31(23)29-16-17-13-20(26(2,3)4)24(32)21(14-17)27(5,6)7/h11-16,32H,8-10H2,1-7H3. The Morgan fingerprint density at radius 2 is 1.67 bits per heavy atom. The predicted octanol–water partition coefficient (Wildman–Crippen LogP) is 6.68. The number of phenols is 1. The molecule has 5 nitrogen and oxygen atoms in total. The lowest BCUT2D eigenvalue weighted by atomic mass is 9.78. The molecule has 0 amide bonds. The molecule has 2 aromatic carbocycles. The van der Waals surface area contributed by atoms with Crippen LogP contribution in [-0.2, 0) is 17.3 Å². The van der Waals surface area contributed by atoms with Crippen LogP contribution in [0.15, 0.2) is 44.7 Å². The smallest absolute Gasteiger partial charge is 0.282 e. The molecule has 0 aliphatic carbocycles. The number of aryl methyl sites for hydroxylation is 1. The van der Waals surface area contributed by atoms with Gasteiger partial charge in [-0.25, -0.2) is 4.98 Å². The van der Waals surface area contributed by atoms with E-state index in [-0.39, 0.29) is 16.4 Å². The summed E-state index contributed by atoms with van der Waals surface area (Å²) in [6.07, 6.45) is 4.29. The van der Waals surface area contributed by atoms with Gasteiger partial charge in [-0.15, -0.1) is 0 Å². The molecule has 0 aliphatic heterocycles. The van der Waals surface area contributed by atoms with Crippen molar-refractivity contribution in [2.75, 3.05) is 0 Å². The fraction of sp³-hybridized carbons (Fsp3) is 0.444. The molecule has 3 aromatic rings. The first-order valence-corrected chi connectivity index (χ1v) is 12.3. The van der Waals surface area contributed by atoms with Crippen molar-refractivity contribution in [3.05, 3.63) is 67.7 Å². The Balaban J connectivity index is 2.21. The molecule has 0 fully saturated rings. The summed E-state index contributed by atoms with van der Waals surface area (Å²) in [4.78, 5) is 18.1. The van der Waals surface area contributed by atoms with Crippen molar-refractivity contribution in [3.63, 3.8) is 0 Å². The first kappa shape index (κ1) is 25.2. The van der Waals surface area contributed by atoms with Crippen molar-refractivity contribution < 1.29 is 5.11 Å². The molecule has 0 atom stereocenters. The zero-order chi connectivity index (χ0) is 24.6. The molecule has 33 heavy (non-hydrogen) atoms. The zero-order valence-corrected chi connectivity index (χ0v) is 22.2. The van der Waals surface area contributed by atoms with Gasteiger partial charge in [0.25, 0.3) is 5.56 Å². The minimum atomic E-state index is -0.242. The van der Waals surface area contributed by atoms with E-state index < -0.39 is 0 Å². The zero-order valence-electron chi connectivity index (χ0n) is 20.7. The Hall–Kier alpha value is -2.47. The van der Waals surface area contributed by atoms with Crippen molar-refractivity contribution >= 4 is 33.0 Å². The molecule has 1 aromatic heterocycles. The molecule has 3 rings (SSSR count). The van der Waals surface area contributed by atoms with Gasteiger partial charge >= 0.3 is 0 Å². The molecule has 0 unspecified atom stereocenters. The van der Waals surface area contributed by atoms with Gasteiger partial charge in [0.05, 0.1) is 17.1 Å².